The maximum atomic E-state index is 11.2. The molecule has 0 aromatic carbocycles. The van der Waals surface area contributed by atoms with Gasteiger partial charge in [0.05, 0.1) is 19.3 Å². The number of ether oxygens (including phenoxy) is 1. The van der Waals surface area contributed by atoms with Crippen LogP contribution in [0.25, 0.3) is 0 Å². The minimum absolute atomic E-state index is 0.113. The summed E-state index contributed by atoms with van der Waals surface area (Å²) >= 11 is 0. The molecule has 4 rings (SSSR count). The number of carbonyl (C=O) groups is 1. The van der Waals surface area contributed by atoms with Gasteiger partial charge in [-0.1, -0.05) is 37.1 Å². The molecule has 4 aliphatic carbocycles. The van der Waals surface area contributed by atoms with Crippen molar-refractivity contribution in [1.29, 1.82) is 0 Å². The molecule has 2 fully saturated rings. The van der Waals surface area contributed by atoms with Gasteiger partial charge in [0.15, 0.2) is 0 Å². The fraction of sp³-hybridized carbons (Fsp3) is 0.783. The summed E-state index contributed by atoms with van der Waals surface area (Å²) in [4.78, 5) is 11.2. The van der Waals surface area contributed by atoms with Crippen LogP contribution in [-0.4, -0.2) is 30.7 Å². The smallest absolute Gasteiger partial charge is 0.120 e. The zero-order valence-corrected chi connectivity index (χ0v) is 16.4. The summed E-state index contributed by atoms with van der Waals surface area (Å²) in [5.41, 5.74) is 3.80. The SMILES string of the molecule is C[C@]12CCC(OCCO)CC1=CC[C@@H]1C2=CC[C@]2(C)[C@@H](CC=O)CC[C@@H]12. The second-order valence-corrected chi connectivity index (χ2v) is 9.52. The molecule has 0 spiro atoms. The third-order valence-electron chi connectivity index (χ3n) is 8.46. The van der Waals surface area contributed by atoms with E-state index in [1.54, 1.807) is 11.1 Å². The zero-order chi connectivity index (χ0) is 18.4. The molecule has 0 aromatic heterocycles. The van der Waals surface area contributed by atoms with Crippen molar-refractivity contribution in [2.45, 2.75) is 71.3 Å². The molecule has 3 nitrogen and oxygen atoms in total. The number of allylic oxidation sites excluding steroid dienone is 3. The third kappa shape index (κ3) is 2.74. The Morgan fingerprint density at radius 2 is 2.12 bits per heavy atom. The second-order valence-electron chi connectivity index (χ2n) is 9.52. The molecule has 0 heterocycles. The predicted octanol–water partition coefficient (Wildman–Crippen LogP) is 4.45. The lowest BCUT2D eigenvalue weighted by Gasteiger charge is -2.53. The Balaban J connectivity index is 1.58. The van der Waals surface area contributed by atoms with Gasteiger partial charge in [-0.3, -0.25) is 0 Å². The Morgan fingerprint density at radius 3 is 2.88 bits per heavy atom. The van der Waals surface area contributed by atoms with Gasteiger partial charge < -0.3 is 14.6 Å². The molecule has 0 amide bonds. The summed E-state index contributed by atoms with van der Waals surface area (Å²) in [6.07, 6.45) is 15.4. The zero-order valence-electron chi connectivity index (χ0n) is 16.4. The molecule has 0 bridgehead atoms. The van der Waals surface area contributed by atoms with Crippen LogP contribution in [0, 0.1) is 28.6 Å². The Kier molecular flexibility index (Phi) is 4.90. The first-order valence-electron chi connectivity index (χ1n) is 10.6. The molecular weight excluding hydrogens is 324 g/mol. The van der Waals surface area contributed by atoms with Crippen LogP contribution in [-0.2, 0) is 9.53 Å². The van der Waals surface area contributed by atoms with Gasteiger partial charge in [0, 0.05) is 11.8 Å². The highest BCUT2D eigenvalue weighted by Crippen LogP contribution is 2.64. The second kappa shape index (κ2) is 6.91. The largest absolute Gasteiger partial charge is 0.394 e. The molecule has 0 aromatic rings. The van der Waals surface area contributed by atoms with Crippen LogP contribution in [0.4, 0.5) is 0 Å². The number of fused-ring (bicyclic) bond motifs is 5. The molecule has 0 aliphatic heterocycles. The van der Waals surface area contributed by atoms with Gasteiger partial charge in [0.25, 0.3) is 0 Å². The first kappa shape index (κ1) is 18.4. The fourth-order valence-electron chi connectivity index (χ4n) is 6.90. The van der Waals surface area contributed by atoms with Gasteiger partial charge >= 0.3 is 0 Å². The molecule has 4 aliphatic rings. The van der Waals surface area contributed by atoms with Crippen LogP contribution in [0.1, 0.15) is 65.2 Å². The van der Waals surface area contributed by atoms with Gasteiger partial charge in [-0.05, 0) is 68.1 Å². The number of aliphatic hydroxyl groups is 1. The Morgan fingerprint density at radius 1 is 1.27 bits per heavy atom. The maximum absolute atomic E-state index is 11.2. The summed E-state index contributed by atoms with van der Waals surface area (Å²) in [6, 6.07) is 0. The summed E-state index contributed by atoms with van der Waals surface area (Å²) in [6.45, 7) is 5.48. The third-order valence-corrected chi connectivity index (χ3v) is 8.46. The highest BCUT2D eigenvalue weighted by molar-refractivity contribution is 5.50. The van der Waals surface area contributed by atoms with Crippen molar-refractivity contribution in [3.05, 3.63) is 23.3 Å². The van der Waals surface area contributed by atoms with Crippen molar-refractivity contribution in [2.75, 3.05) is 13.2 Å². The van der Waals surface area contributed by atoms with E-state index in [1.807, 2.05) is 0 Å². The van der Waals surface area contributed by atoms with Crippen LogP contribution in [0.15, 0.2) is 23.3 Å². The van der Waals surface area contributed by atoms with Crippen molar-refractivity contribution < 1.29 is 14.6 Å². The monoisotopic (exact) mass is 358 g/mol. The molecular formula is C23H34O3. The van der Waals surface area contributed by atoms with E-state index in [9.17, 15) is 4.79 Å². The normalized spacial score (nSPS) is 44.4. The quantitative estimate of drug-likeness (QED) is 0.583. The van der Waals surface area contributed by atoms with E-state index >= 15 is 0 Å². The molecule has 144 valence electrons. The minimum atomic E-state index is 0.113. The summed E-state index contributed by atoms with van der Waals surface area (Å²) < 4.78 is 5.85. The van der Waals surface area contributed by atoms with Gasteiger partial charge in [-0.2, -0.15) is 0 Å². The van der Waals surface area contributed by atoms with Crippen molar-refractivity contribution in [1.82, 2.24) is 0 Å². The van der Waals surface area contributed by atoms with Gasteiger partial charge in [-0.25, -0.2) is 0 Å². The molecule has 2 saturated carbocycles. The van der Waals surface area contributed by atoms with Crippen LogP contribution < -0.4 is 0 Å². The first-order valence-corrected chi connectivity index (χ1v) is 10.6. The number of hydrogen-bond acceptors (Lipinski definition) is 3. The van der Waals surface area contributed by atoms with Crippen molar-refractivity contribution in [3.8, 4) is 0 Å². The summed E-state index contributed by atoms with van der Waals surface area (Å²) in [5, 5.41) is 9.03. The fourth-order valence-corrected chi connectivity index (χ4v) is 6.90. The van der Waals surface area contributed by atoms with Gasteiger partial charge in [0.1, 0.15) is 6.29 Å². The van der Waals surface area contributed by atoms with E-state index < -0.39 is 0 Å². The molecule has 26 heavy (non-hydrogen) atoms. The van der Waals surface area contributed by atoms with E-state index in [0.29, 0.717) is 23.9 Å². The lowest BCUT2D eigenvalue weighted by atomic mass is 9.51. The predicted molar refractivity (Wildman–Crippen MR) is 103 cm³/mol. The van der Waals surface area contributed by atoms with Crippen LogP contribution in [0.3, 0.4) is 0 Å². The van der Waals surface area contributed by atoms with E-state index in [2.05, 4.69) is 26.0 Å². The average Bonchev–Trinajstić information content (AvgIpc) is 2.97. The average molecular weight is 359 g/mol. The molecule has 6 atom stereocenters. The summed E-state index contributed by atoms with van der Waals surface area (Å²) in [7, 11) is 0. The standard InChI is InChI=1S/C23H34O3/c1-22-11-8-21-19(20(22)6-4-16(22)9-12-24)5-3-17-15-18(26-14-13-25)7-10-23(17,21)2/h3,8,12,16,18-20,25H,4-7,9-11,13-15H2,1-2H3/t16-,18?,19+,20+,22-,23+/m1/s1. The number of aldehydes is 1. The van der Waals surface area contributed by atoms with Gasteiger partial charge in [-0.15, -0.1) is 0 Å². The molecule has 0 radical (unpaired) electrons. The lowest BCUT2D eigenvalue weighted by molar-refractivity contribution is -0.109. The molecule has 3 heteroatoms. The van der Waals surface area contributed by atoms with E-state index in [-0.39, 0.29) is 18.1 Å². The van der Waals surface area contributed by atoms with Crippen molar-refractivity contribution in [2.24, 2.45) is 28.6 Å². The first-order chi connectivity index (χ1) is 12.5. The topological polar surface area (TPSA) is 46.5 Å². The Hall–Kier alpha value is -0.930. The summed E-state index contributed by atoms with van der Waals surface area (Å²) in [5.74, 6) is 1.99. The van der Waals surface area contributed by atoms with Crippen LogP contribution >= 0.6 is 0 Å². The van der Waals surface area contributed by atoms with Crippen molar-refractivity contribution >= 4 is 6.29 Å². The number of hydrogen-bond donors (Lipinski definition) is 1. The highest BCUT2D eigenvalue weighted by Gasteiger charge is 2.55. The van der Waals surface area contributed by atoms with Crippen LogP contribution in [0.2, 0.25) is 0 Å². The Labute approximate surface area is 157 Å². The van der Waals surface area contributed by atoms with Crippen molar-refractivity contribution in [3.63, 3.8) is 0 Å². The van der Waals surface area contributed by atoms with E-state index in [4.69, 9.17) is 9.84 Å². The number of aliphatic hydroxyl groups excluding tert-OH is 1. The van der Waals surface area contributed by atoms with E-state index in [0.717, 1.165) is 44.3 Å². The number of carbonyl (C=O) groups excluding carboxylic acids is 1. The van der Waals surface area contributed by atoms with Crippen LogP contribution in [0.5, 0.6) is 0 Å². The van der Waals surface area contributed by atoms with Gasteiger partial charge in [0.2, 0.25) is 0 Å². The highest BCUT2D eigenvalue weighted by atomic mass is 16.5. The molecule has 0 saturated heterocycles. The van der Waals surface area contributed by atoms with E-state index in [1.165, 1.54) is 19.3 Å². The molecule has 1 unspecified atom stereocenters. The lowest BCUT2D eigenvalue weighted by Crippen LogP contribution is -2.44. The number of rotatable bonds is 5. The molecule has 1 N–H and O–H groups in total. The Bertz CT molecular complexity index is 621. The maximum Gasteiger partial charge on any atom is 0.120 e. The minimum Gasteiger partial charge on any atom is -0.394 e.